The van der Waals surface area contributed by atoms with Gasteiger partial charge >= 0.3 is 0 Å². The zero-order valence-electron chi connectivity index (χ0n) is 10.7. The highest BCUT2D eigenvalue weighted by Gasteiger charge is 2.09. The van der Waals surface area contributed by atoms with Crippen molar-refractivity contribution in [2.45, 2.75) is 45.3 Å². The summed E-state index contributed by atoms with van der Waals surface area (Å²) in [6.07, 6.45) is 2.44. The average Bonchev–Trinajstić information content (AvgIpc) is 2.26. The van der Waals surface area contributed by atoms with Gasteiger partial charge in [0.15, 0.2) is 0 Å². The molecule has 3 nitrogen and oxygen atoms in total. The maximum atomic E-state index is 11.7. The molecule has 1 N–H and O–H groups in total. The van der Waals surface area contributed by atoms with Crippen LogP contribution in [0.2, 0.25) is 0 Å². The fraction of sp³-hybridized carbons (Fsp3) is 0.917. The average molecular weight is 247 g/mol. The lowest BCUT2D eigenvalue weighted by Crippen LogP contribution is -2.30. The van der Waals surface area contributed by atoms with E-state index in [-0.39, 0.29) is 12.5 Å². The predicted octanol–water partition coefficient (Wildman–Crippen LogP) is 2.14. The molecular formula is C12H25NO2S. The second-order valence-corrected chi connectivity index (χ2v) is 5.41. The Labute approximate surface area is 104 Å². The van der Waals surface area contributed by atoms with Crippen LogP contribution in [0.4, 0.5) is 0 Å². The van der Waals surface area contributed by atoms with Gasteiger partial charge in [0.2, 0.25) is 5.91 Å². The van der Waals surface area contributed by atoms with Crippen LogP contribution in [0.15, 0.2) is 0 Å². The Morgan fingerprint density at radius 1 is 1.38 bits per heavy atom. The molecule has 0 aromatic rings. The van der Waals surface area contributed by atoms with Crippen LogP contribution in [0.1, 0.15) is 40.0 Å². The third-order valence-corrected chi connectivity index (χ3v) is 3.92. The van der Waals surface area contributed by atoms with Crippen LogP contribution >= 0.6 is 11.8 Å². The summed E-state index contributed by atoms with van der Waals surface area (Å²) in [5, 5.41) is 9.24. The van der Waals surface area contributed by atoms with E-state index in [0.29, 0.717) is 11.7 Å². The van der Waals surface area contributed by atoms with Gasteiger partial charge in [0.1, 0.15) is 0 Å². The summed E-state index contributed by atoms with van der Waals surface area (Å²) in [6, 6.07) is 0. The number of amides is 1. The minimum Gasteiger partial charge on any atom is -0.396 e. The fourth-order valence-electron chi connectivity index (χ4n) is 1.51. The molecule has 0 bridgehead atoms. The standard InChI is InChI=1S/C12H25NO2S/c1-4-13(5-2)12(15)7-6-10-16-11(3)8-9-14/h11,14H,4-10H2,1-3H3. The van der Waals surface area contributed by atoms with E-state index in [9.17, 15) is 4.79 Å². The van der Waals surface area contributed by atoms with E-state index in [1.54, 1.807) is 0 Å². The monoisotopic (exact) mass is 247 g/mol. The Morgan fingerprint density at radius 2 is 2.00 bits per heavy atom. The highest BCUT2D eigenvalue weighted by Crippen LogP contribution is 2.15. The molecule has 0 aliphatic heterocycles. The SMILES string of the molecule is CCN(CC)C(=O)CCCSC(C)CCO. The quantitative estimate of drug-likeness (QED) is 0.635. The van der Waals surface area contributed by atoms with E-state index in [4.69, 9.17) is 5.11 Å². The normalized spacial score (nSPS) is 12.5. The molecule has 1 atom stereocenters. The Hall–Kier alpha value is -0.220. The summed E-state index contributed by atoms with van der Waals surface area (Å²) in [5.74, 6) is 1.27. The fourth-order valence-corrected chi connectivity index (χ4v) is 2.49. The van der Waals surface area contributed by atoms with E-state index < -0.39 is 0 Å². The van der Waals surface area contributed by atoms with Crippen molar-refractivity contribution in [1.82, 2.24) is 4.90 Å². The molecule has 0 spiro atoms. The van der Waals surface area contributed by atoms with Crippen molar-refractivity contribution in [2.24, 2.45) is 0 Å². The lowest BCUT2D eigenvalue weighted by molar-refractivity contribution is -0.130. The Balaban J connectivity index is 3.54. The first-order valence-corrected chi connectivity index (χ1v) is 7.20. The van der Waals surface area contributed by atoms with Crippen LogP contribution in [0.3, 0.4) is 0 Å². The van der Waals surface area contributed by atoms with E-state index in [2.05, 4.69) is 6.92 Å². The molecular weight excluding hydrogens is 222 g/mol. The Bertz CT molecular complexity index is 184. The molecule has 0 saturated heterocycles. The summed E-state index contributed by atoms with van der Waals surface area (Å²) >= 11 is 1.84. The summed E-state index contributed by atoms with van der Waals surface area (Å²) in [4.78, 5) is 13.5. The number of nitrogens with zero attached hydrogens (tertiary/aromatic N) is 1. The van der Waals surface area contributed by atoms with E-state index in [0.717, 1.165) is 31.7 Å². The largest absolute Gasteiger partial charge is 0.396 e. The topological polar surface area (TPSA) is 40.5 Å². The summed E-state index contributed by atoms with van der Waals surface area (Å²) in [5.41, 5.74) is 0. The van der Waals surface area contributed by atoms with Gasteiger partial charge in [0.25, 0.3) is 0 Å². The van der Waals surface area contributed by atoms with Gasteiger partial charge in [-0.25, -0.2) is 0 Å². The predicted molar refractivity (Wildman–Crippen MR) is 70.8 cm³/mol. The van der Waals surface area contributed by atoms with Crippen LogP contribution in [0.25, 0.3) is 0 Å². The van der Waals surface area contributed by atoms with Crippen molar-refractivity contribution >= 4 is 17.7 Å². The number of carbonyl (C=O) groups excluding carboxylic acids is 1. The molecule has 0 aromatic carbocycles. The van der Waals surface area contributed by atoms with Gasteiger partial charge in [0.05, 0.1) is 0 Å². The molecule has 1 unspecified atom stereocenters. The molecule has 0 aliphatic carbocycles. The van der Waals surface area contributed by atoms with Crippen LogP contribution in [-0.4, -0.2) is 46.6 Å². The lowest BCUT2D eigenvalue weighted by Gasteiger charge is -2.18. The van der Waals surface area contributed by atoms with Crippen molar-refractivity contribution in [2.75, 3.05) is 25.4 Å². The highest BCUT2D eigenvalue weighted by molar-refractivity contribution is 7.99. The molecule has 0 rings (SSSR count). The van der Waals surface area contributed by atoms with Crippen molar-refractivity contribution in [1.29, 1.82) is 0 Å². The number of aliphatic hydroxyl groups is 1. The first-order chi connectivity index (χ1) is 7.65. The maximum absolute atomic E-state index is 11.7. The van der Waals surface area contributed by atoms with Gasteiger partial charge in [-0.2, -0.15) is 11.8 Å². The van der Waals surface area contributed by atoms with Gasteiger partial charge < -0.3 is 10.0 Å². The second kappa shape index (κ2) is 9.97. The molecule has 16 heavy (non-hydrogen) atoms. The van der Waals surface area contributed by atoms with Crippen LogP contribution in [-0.2, 0) is 4.79 Å². The maximum Gasteiger partial charge on any atom is 0.222 e. The third kappa shape index (κ3) is 7.12. The van der Waals surface area contributed by atoms with Gasteiger partial charge in [0, 0.05) is 31.4 Å². The molecule has 0 radical (unpaired) electrons. The number of thioether (sulfide) groups is 1. The molecule has 0 aliphatic rings. The van der Waals surface area contributed by atoms with Crippen molar-refractivity contribution < 1.29 is 9.90 Å². The van der Waals surface area contributed by atoms with Crippen molar-refractivity contribution in [3.05, 3.63) is 0 Å². The lowest BCUT2D eigenvalue weighted by atomic mass is 10.3. The van der Waals surface area contributed by atoms with Gasteiger partial charge in [-0.05, 0) is 32.4 Å². The molecule has 4 heteroatoms. The summed E-state index contributed by atoms with van der Waals surface area (Å²) in [7, 11) is 0. The number of aliphatic hydroxyl groups excluding tert-OH is 1. The first kappa shape index (κ1) is 15.8. The van der Waals surface area contributed by atoms with E-state index in [1.807, 2.05) is 30.5 Å². The molecule has 0 aromatic heterocycles. The summed E-state index contributed by atoms with van der Waals surface area (Å²) in [6.45, 7) is 8.02. The third-order valence-electron chi connectivity index (χ3n) is 2.59. The summed E-state index contributed by atoms with van der Waals surface area (Å²) < 4.78 is 0. The molecule has 0 heterocycles. The zero-order chi connectivity index (χ0) is 12.4. The van der Waals surface area contributed by atoms with Crippen molar-refractivity contribution in [3.63, 3.8) is 0 Å². The molecule has 0 fully saturated rings. The number of hydrogen-bond donors (Lipinski definition) is 1. The van der Waals surface area contributed by atoms with Crippen LogP contribution in [0, 0.1) is 0 Å². The zero-order valence-corrected chi connectivity index (χ0v) is 11.6. The minimum atomic E-state index is 0.256. The van der Waals surface area contributed by atoms with Gasteiger partial charge in [-0.3, -0.25) is 4.79 Å². The first-order valence-electron chi connectivity index (χ1n) is 6.15. The minimum absolute atomic E-state index is 0.256. The van der Waals surface area contributed by atoms with E-state index in [1.165, 1.54) is 0 Å². The highest BCUT2D eigenvalue weighted by atomic mass is 32.2. The van der Waals surface area contributed by atoms with Crippen LogP contribution < -0.4 is 0 Å². The van der Waals surface area contributed by atoms with Crippen molar-refractivity contribution in [3.8, 4) is 0 Å². The number of carbonyl (C=O) groups is 1. The smallest absolute Gasteiger partial charge is 0.222 e. The van der Waals surface area contributed by atoms with Crippen LogP contribution in [0.5, 0.6) is 0 Å². The Kier molecular flexibility index (Phi) is 9.83. The molecule has 0 saturated carbocycles. The number of rotatable bonds is 9. The Morgan fingerprint density at radius 3 is 2.50 bits per heavy atom. The van der Waals surface area contributed by atoms with E-state index >= 15 is 0 Å². The van der Waals surface area contributed by atoms with Gasteiger partial charge in [-0.15, -0.1) is 0 Å². The van der Waals surface area contributed by atoms with Gasteiger partial charge in [-0.1, -0.05) is 6.92 Å². The second-order valence-electron chi connectivity index (χ2n) is 3.86. The number of hydrogen-bond acceptors (Lipinski definition) is 3. The molecule has 96 valence electrons. The molecule has 1 amide bonds.